The van der Waals surface area contributed by atoms with E-state index < -0.39 is 0 Å². The first-order valence-corrected chi connectivity index (χ1v) is 11.7. The van der Waals surface area contributed by atoms with E-state index in [0.29, 0.717) is 5.92 Å². The molecule has 0 spiro atoms. The predicted octanol–water partition coefficient (Wildman–Crippen LogP) is 5.67. The van der Waals surface area contributed by atoms with Gasteiger partial charge in [-0.3, -0.25) is 5.10 Å². The molecule has 0 bridgehead atoms. The summed E-state index contributed by atoms with van der Waals surface area (Å²) >= 11 is 0. The fraction of sp³-hybridized carbons (Fsp3) is 0.321. The lowest BCUT2D eigenvalue weighted by molar-refractivity contribution is 0.213. The Morgan fingerprint density at radius 3 is 2.52 bits per heavy atom. The van der Waals surface area contributed by atoms with Crippen molar-refractivity contribution in [3.8, 4) is 22.8 Å². The van der Waals surface area contributed by atoms with Crippen LogP contribution in [-0.4, -0.2) is 49.0 Å². The minimum absolute atomic E-state index is 0.528. The largest absolute Gasteiger partial charge is 0.493 e. The zero-order valence-electron chi connectivity index (χ0n) is 19.4. The highest BCUT2D eigenvalue weighted by molar-refractivity contribution is 5.85. The van der Waals surface area contributed by atoms with Crippen LogP contribution in [0.25, 0.3) is 22.0 Å². The number of nitrogens with one attached hydrogen (secondary N) is 1. The molecule has 0 aliphatic carbocycles. The van der Waals surface area contributed by atoms with Gasteiger partial charge in [0, 0.05) is 23.7 Å². The van der Waals surface area contributed by atoms with E-state index in [0.717, 1.165) is 61.7 Å². The maximum absolute atomic E-state index is 5.44. The summed E-state index contributed by atoms with van der Waals surface area (Å²) in [5.41, 5.74) is 4.66. The number of rotatable bonds is 7. The number of aromatic amines is 1. The molecule has 0 atom stereocenters. The molecule has 170 valence electrons. The Morgan fingerprint density at radius 2 is 1.70 bits per heavy atom. The zero-order valence-corrected chi connectivity index (χ0v) is 19.4. The molecule has 1 aliphatic rings. The smallest absolute Gasteiger partial charge is 0.161 e. The molecule has 1 aliphatic heterocycles. The number of H-pyrrole nitrogens is 1. The summed E-state index contributed by atoms with van der Waals surface area (Å²) in [5.74, 6) is 1.98. The van der Waals surface area contributed by atoms with Gasteiger partial charge >= 0.3 is 0 Å². The second-order valence-corrected chi connectivity index (χ2v) is 8.78. The van der Waals surface area contributed by atoms with Crippen LogP contribution in [0, 0.1) is 0 Å². The molecule has 0 amide bonds. The third kappa shape index (κ3) is 4.60. The highest BCUT2D eigenvalue weighted by atomic mass is 16.5. The van der Waals surface area contributed by atoms with Gasteiger partial charge in [0.05, 0.1) is 19.9 Å². The molecule has 1 fully saturated rings. The van der Waals surface area contributed by atoms with E-state index in [9.17, 15) is 0 Å². The lowest BCUT2D eigenvalue weighted by atomic mass is 9.92. The van der Waals surface area contributed by atoms with Crippen LogP contribution in [0.3, 0.4) is 0 Å². The van der Waals surface area contributed by atoms with Gasteiger partial charge in [-0.25, -0.2) is 0 Å². The van der Waals surface area contributed by atoms with Crippen molar-refractivity contribution < 1.29 is 9.47 Å². The molecule has 5 heteroatoms. The molecule has 0 unspecified atom stereocenters. The molecular formula is C28H31N3O2. The highest BCUT2D eigenvalue weighted by Gasteiger charge is 2.22. The van der Waals surface area contributed by atoms with Gasteiger partial charge in [0.15, 0.2) is 11.5 Å². The predicted molar refractivity (Wildman–Crippen MR) is 133 cm³/mol. The molecule has 1 N–H and O–H groups in total. The van der Waals surface area contributed by atoms with Crippen LogP contribution in [0.1, 0.15) is 30.0 Å². The summed E-state index contributed by atoms with van der Waals surface area (Å²) in [5, 5.41) is 10.6. The van der Waals surface area contributed by atoms with Crippen molar-refractivity contribution in [1.29, 1.82) is 0 Å². The van der Waals surface area contributed by atoms with Gasteiger partial charge in [-0.05, 0) is 73.0 Å². The molecule has 2 heterocycles. The molecule has 0 radical (unpaired) electrons. The van der Waals surface area contributed by atoms with Crippen LogP contribution in [0.5, 0.6) is 11.5 Å². The molecule has 1 aromatic heterocycles. The normalized spacial score (nSPS) is 15.1. The number of nitrogens with zero attached hydrogens (tertiary/aromatic N) is 2. The van der Waals surface area contributed by atoms with Gasteiger partial charge in [-0.15, -0.1) is 0 Å². The number of ether oxygens (including phenoxy) is 2. The Bertz CT molecular complexity index is 1220. The summed E-state index contributed by atoms with van der Waals surface area (Å²) in [4.78, 5) is 2.60. The van der Waals surface area contributed by atoms with E-state index >= 15 is 0 Å². The van der Waals surface area contributed by atoms with Crippen LogP contribution >= 0.6 is 0 Å². The van der Waals surface area contributed by atoms with Crippen LogP contribution in [0.15, 0.2) is 66.7 Å². The van der Waals surface area contributed by atoms with Crippen LogP contribution in [0.2, 0.25) is 0 Å². The Labute approximate surface area is 195 Å². The summed E-state index contributed by atoms with van der Waals surface area (Å²) in [6.07, 6.45) is 3.41. The number of hydrogen-bond acceptors (Lipinski definition) is 4. The van der Waals surface area contributed by atoms with Gasteiger partial charge < -0.3 is 14.4 Å². The first-order valence-electron chi connectivity index (χ1n) is 11.7. The number of likely N-dealkylation sites (tertiary alicyclic amines) is 1. The van der Waals surface area contributed by atoms with E-state index in [-0.39, 0.29) is 0 Å². The summed E-state index contributed by atoms with van der Waals surface area (Å²) in [7, 11) is 3.31. The number of piperidine rings is 1. The molecule has 5 nitrogen and oxygen atoms in total. The summed E-state index contributed by atoms with van der Waals surface area (Å²) < 4.78 is 10.8. The zero-order chi connectivity index (χ0) is 22.6. The fourth-order valence-electron chi connectivity index (χ4n) is 4.95. The van der Waals surface area contributed by atoms with E-state index in [4.69, 9.17) is 9.47 Å². The van der Waals surface area contributed by atoms with Crippen molar-refractivity contribution in [2.75, 3.05) is 33.9 Å². The molecule has 1 saturated heterocycles. The second-order valence-electron chi connectivity index (χ2n) is 8.78. The third-order valence-corrected chi connectivity index (χ3v) is 6.88. The first kappa shape index (κ1) is 21.5. The Morgan fingerprint density at radius 1 is 0.909 bits per heavy atom. The Kier molecular flexibility index (Phi) is 6.31. The molecule has 0 saturated carbocycles. The van der Waals surface area contributed by atoms with Gasteiger partial charge in [-0.1, -0.05) is 42.5 Å². The topological polar surface area (TPSA) is 50.4 Å². The summed E-state index contributed by atoms with van der Waals surface area (Å²) in [6, 6.07) is 23.5. The van der Waals surface area contributed by atoms with Crippen molar-refractivity contribution in [2.24, 2.45) is 0 Å². The van der Waals surface area contributed by atoms with Crippen LogP contribution in [-0.2, 0) is 6.42 Å². The third-order valence-electron chi connectivity index (χ3n) is 6.88. The van der Waals surface area contributed by atoms with Crippen molar-refractivity contribution in [1.82, 2.24) is 15.1 Å². The highest BCUT2D eigenvalue weighted by Crippen LogP contribution is 2.34. The van der Waals surface area contributed by atoms with Gasteiger partial charge in [0.25, 0.3) is 0 Å². The average Bonchev–Trinajstić information content (AvgIpc) is 3.37. The number of benzene rings is 3. The monoisotopic (exact) mass is 441 g/mol. The van der Waals surface area contributed by atoms with Crippen molar-refractivity contribution in [3.05, 3.63) is 78.0 Å². The first-order chi connectivity index (χ1) is 16.2. The van der Waals surface area contributed by atoms with Crippen molar-refractivity contribution in [3.63, 3.8) is 0 Å². The van der Waals surface area contributed by atoms with Gasteiger partial charge in [0.2, 0.25) is 0 Å². The molecule has 4 aromatic rings. The van der Waals surface area contributed by atoms with Crippen LogP contribution < -0.4 is 9.47 Å². The van der Waals surface area contributed by atoms with Crippen LogP contribution in [0.4, 0.5) is 0 Å². The standard InChI is InChI=1S/C28H31N3O2/c1-32-27-11-10-23(18-28(27)33-2)26-19-25(29-30-26)22-13-16-31(17-14-22)15-12-21-8-5-7-20-6-3-4-9-24(20)21/h3-11,18-19,22H,12-17H2,1-2H3,(H,29,30). The lowest BCUT2D eigenvalue weighted by Crippen LogP contribution is -2.34. The van der Waals surface area contributed by atoms with E-state index in [2.05, 4.69) is 63.6 Å². The summed E-state index contributed by atoms with van der Waals surface area (Å²) in [6.45, 7) is 3.36. The number of hydrogen-bond donors (Lipinski definition) is 1. The van der Waals surface area contributed by atoms with Gasteiger partial charge in [0.1, 0.15) is 0 Å². The SMILES string of the molecule is COc1ccc(-c2cc(C3CCN(CCc4cccc5ccccc45)CC3)[nH]n2)cc1OC. The maximum Gasteiger partial charge on any atom is 0.161 e. The minimum atomic E-state index is 0.528. The number of methoxy groups -OCH3 is 2. The van der Waals surface area contributed by atoms with Crippen molar-refractivity contribution >= 4 is 10.8 Å². The number of fused-ring (bicyclic) bond motifs is 1. The second kappa shape index (κ2) is 9.67. The minimum Gasteiger partial charge on any atom is -0.493 e. The van der Waals surface area contributed by atoms with Gasteiger partial charge in [-0.2, -0.15) is 5.10 Å². The van der Waals surface area contributed by atoms with E-state index in [1.54, 1.807) is 14.2 Å². The Hall–Kier alpha value is -3.31. The quantitative estimate of drug-likeness (QED) is 0.401. The lowest BCUT2D eigenvalue weighted by Gasteiger charge is -2.31. The van der Waals surface area contributed by atoms with E-state index in [1.165, 1.54) is 22.0 Å². The molecule has 33 heavy (non-hydrogen) atoms. The molecule has 5 rings (SSSR count). The van der Waals surface area contributed by atoms with Crippen molar-refractivity contribution in [2.45, 2.75) is 25.2 Å². The molecule has 3 aromatic carbocycles. The average molecular weight is 442 g/mol. The molecular weight excluding hydrogens is 410 g/mol. The maximum atomic E-state index is 5.44. The Balaban J connectivity index is 1.19. The fourth-order valence-corrected chi connectivity index (χ4v) is 4.95. The number of aromatic nitrogens is 2. The van der Waals surface area contributed by atoms with E-state index in [1.807, 2.05) is 18.2 Å².